The van der Waals surface area contributed by atoms with Gasteiger partial charge in [-0.3, -0.25) is 15.0 Å². The lowest BCUT2D eigenvalue weighted by atomic mass is 10.2. The lowest BCUT2D eigenvalue weighted by molar-refractivity contribution is -0.385. The third-order valence-corrected chi connectivity index (χ3v) is 2.41. The van der Waals surface area contributed by atoms with E-state index in [0.717, 1.165) is 0 Å². The van der Waals surface area contributed by atoms with Crippen LogP contribution < -0.4 is 9.64 Å². The number of hydrogen-bond donors (Lipinski definition) is 0. The van der Waals surface area contributed by atoms with Gasteiger partial charge >= 0.3 is 11.8 Å². The van der Waals surface area contributed by atoms with E-state index in [1.807, 2.05) is 0 Å². The Bertz CT molecular complexity index is 522. The molecule has 0 heterocycles. The van der Waals surface area contributed by atoms with Crippen LogP contribution in [0.3, 0.4) is 0 Å². The van der Waals surface area contributed by atoms with E-state index in [4.69, 9.17) is 9.47 Å². The van der Waals surface area contributed by atoms with E-state index in [0.29, 0.717) is 5.69 Å². The minimum Gasteiger partial charge on any atom is -0.490 e. The highest BCUT2D eigenvalue weighted by Gasteiger charge is 2.23. The van der Waals surface area contributed by atoms with Crippen LogP contribution in [0.2, 0.25) is 0 Å². The second-order valence-electron chi connectivity index (χ2n) is 5.15. The van der Waals surface area contributed by atoms with Crippen molar-refractivity contribution in [2.45, 2.75) is 26.4 Å². The predicted molar refractivity (Wildman–Crippen MR) is 74.3 cm³/mol. The molecule has 0 atom stereocenters. The van der Waals surface area contributed by atoms with Gasteiger partial charge < -0.3 is 9.47 Å². The molecule has 7 nitrogen and oxygen atoms in total. The molecular weight excluding hydrogens is 264 g/mol. The van der Waals surface area contributed by atoms with Crippen LogP contribution in [0.25, 0.3) is 0 Å². The molecular formula is C13H18N2O5. The summed E-state index contributed by atoms with van der Waals surface area (Å²) in [5.41, 5.74) is -0.490. The average Bonchev–Trinajstić information content (AvgIpc) is 2.34. The molecule has 0 saturated carbocycles. The summed E-state index contributed by atoms with van der Waals surface area (Å²) in [5.74, 6) is 0.135. The molecule has 0 N–H and O–H groups in total. The molecule has 7 heteroatoms. The monoisotopic (exact) mass is 282 g/mol. The van der Waals surface area contributed by atoms with Gasteiger partial charge in [-0.05, 0) is 32.9 Å². The van der Waals surface area contributed by atoms with Crippen LogP contribution in [0.1, 0.15) is 20.8 Å². The first-order chi connectivity index (χ1) is 9.15. The number of nitro groups is 1. The Morgan fingerprint density at radius 3 is 2.40 bits per heavy atom. The smallest absolute Gasteiger partial charge is 0.414 e. The number of carbonyl (C=O) groups excluding carboxylic acids is 1. The van der Waals surface area contributed by atoms with Crippen molar-refractivity contribution in [3.05, 3.63) is 28.3 Å². The zero-order valence-electron chi connectivity index (χ0n) is 12.2. The normalized spacial score (nSPS) is 10.8. The van der Waals surface area contributed by atoms with Crippen molar-refractivity contribution in [1.82, 2.24) is 0 Å². The Morgan fingerprint density at radius 1 is 1.35 bits per heavy atom. The van der Waals surface area contributed by atoms with Crippen molar-refractivity contribution < 1.29 is 19.2 Å². The quantitative estimate of drug-likeness (QED) is 0.628. The lowest BCUT2D eigenvalue weighted by Crippen LogP contribution is -2.34. The van der Waals surface area contributed by atoms with Crippen LogP contribution in [0.15, 0.2) is 18.2 Å². The maximum atomic E-state index is 11.9. The topological polar surface area (TPSA) is 81.9 Å². The fourth-order valence-corrected chi connectivity index (χ4v) is 1.47. The van der Waals surface area contributed by atoms with Gasteiger partial charge in [0.1, 0.15) is 5.60 Å². The van der Waals surface area contributed by atoms with Crippen LogP contribution in [0.5, 0.6) is 5.75 Å². The van der Waals surface area contributed by atoms with Gasteiger partial charge in [-0.2, -0.15) is 0 Å². The summed E-state index contributed by atoms with van der Waals surface area (Å²) >= 11 is 0. The molecule has 0 aromatic heterocycles. The first kappa shape index (κ1) is 15.7. The summed E-state index contributed by atoms with van der Waals surface area (Å²) in [4.78, 5) is 23.5. The van der Waals surface area contributed by atoms with Gasteiger partial charge in [-0.25, -0.2) is 4.79 Å². The first-order valence-electron chi connectivity index (χ1n) is 5.95. The SMILES string of the molecule is COc1ccc(N(C)C(=O)OC(C)(C)C)cc1[N+](=O)[O-]. The highest BCUT2D eigenvalue weighted by molar-refractivity contribution is 5.88. The highest BCUT2D eigenvalue weighted by Crippen LogP contribution is 2.31. The fraction of sp³-hybridized carbons (Fsp3) is 0.462. The van der Waals surface area contributed by atoms with Gasteiger partial charge in [0.2, 0.25) is 0 Å². The predicted octanol–water partition coefficient (Wildman–Crippen LogP) is 2.97. The molecule has 110 valence electrons. The van der Waals surface area contributed by atoms with Crippen molar-refractivity contribution >= 4 is 17.5 Å². The van der Waals surface area contributed by atoms with E-state index < -0.39 is 16.6 Å². The molecule has 1 amide bonds. The number of anilines is 1. The molecule has 0 aliphatic rings. The number of hydrogen-bond acceptors (Lipinski definition) is 5. The third-order valence-electron chi connectivity index (χ3n) is 2.41. The number of nitrogens with zero attached hydrogens (tertiary/aromatic N) is 2. The molecule has 0 bridgehead atoms. The summed E-state index contributed by atoms with van der Waals surface area (Å²) in [7, 11) is 2.83. The standard InChI is InChI=1S/C13H18N2O5/c1-13(2,3)20-12(16)14(4)9-6-7-11(19-5)10(8-9)15(17)18/h6-8H,1-5H3. The van der Waals surface area contributed by atoms with Crippen molar-refractivity contribution in [2.75, 3.05) is 19.1 Å². The van der Waals surface area contributed by atoms with Gasteiger partial charge in [-0.1, -0.05) is 0 Å². The number of carbonyl (C=O) groups is 1. The van der Waals surface area contributed by atoms with Crippen molar-refractivity contribution in [1.29, 1.82) is 0 Å². The molecule has 0 unspecified atom stereocenters. The average molecular weight is 282 g/mol. The number of nitro benzene ring substituents is 1. The first-order valence-corrected chi connectivity index (χ1v) is 5.95. The number of benzene rings is 1. The minimum atomic E-state index is -0.635. The van der Waals surface area contributed by atoms with Crippen LogP contribution in [-0.2, 0) is 4.74 Å². The molecule has 0 aliphatic carbocycles. The van der Waals surface area contributed by atoms with Crippen molar-refractivity contribution in [3.63, 3.8) is 0 Å². The van der Waals surface area contributed by atoms with Gasteiger partial charge in [0, 0.05) is 13.1 Å². The maximum absolute atomic E-state index is 11.9. The van der Waals surface area contributed by atoms with E-state index in [2.05, 4.69) is 0 Å². The fourth-order valence-electron chi connectivity index (χ4n) is 1.47. The van der Waals surface area contributed by atoms with E-state index in [1.54, 1.807) is 26.8 Å². The van der Waals surface area contributed by atoms with Gasteiger partial charge in [0.15, 0.2) is 5.75 Å². The molecule has 0 saturated heterocycles. The Balaban J connectivity index is 3.05. The number of amides is 1. The third kappa shape index (κ3) is 3.84. The second kappa shape index (κ2) is 5.77. The largest absolute Gasteiger partial charge is 0.490 e. The van der Waals surface area contributed by atoms with Crippen molar-refractivity contribution in [2.24, 2.45) is 0 Å². The molecule has 1 aromatic rings. The number of rotatable bonds is 3. The lowest BCUT2D eigenvalue weighted by Gasteiger charge is -2.24. The van der Waals surface area contributed by atoms with E-state index in [-0.39, 0.29) is 11.4 Å². The molecule has 1 rings (SSSR count). The summed E-state index contributed by atoms with van der Waals surface area (Å²) in [6.45, 7) is 5.24. The Hall–Kier alpha value is -2.31. The van der Waals surface area contributed by atoms with Crippen molar-refractivity contribution in [3.8, 4) is 5.75 Å². The van der Waals surface area contributed by atoms with E-state index in [1.165, 1.54) is 31.2 Å². The molecule has 0 spiro atoms. The minimum absolute atomic E-state index is 0.135. The highest BCUT2D eigenvalue weighted by atomic mass is 16.6. The summed E-state index contributed by atoms with van der Waals surface area (Å²) in [5, 5.41) is 10.9. The van der Waals surface area contributed by atoms with Crippen LogP contribution in [-0.4, -0.2) is 30.8 Å². The Labute approximate surface area is 117 Å². The summed E-state index contributed by atoms with van der Waals surface area (Å²) in [6, 6.07) is 4.26. The van der Waals surface area contributed by atoms with Crippen LogP contribution in [0, 0.1) is 10.1 Å². The second-order valence-corrected chi connectivity index (χ2v) is 5.15. The number of ether oxygens (including phenoxy) is 2. The maximum Gasteiger partial charge on any atom is 0.414 e. The molecule has 1 aromatic carbocycles. The van der Waals surface area contributed by atoms with Gasteiger partial charge in [0.05, 0.1) is 17.7 Å². The van der Waals surface area contributed by atoms with Gasteiger partial charge in [0.25, 0.3) is 0 Å². The summed E-state index contributed by atoms with van der Waals surface area (Å²) < 4.78 is 10.1. The zero-order chi connectivity index (χ0) is 15.5. The van der Waals surface area contributed by atoms with E-state index >= 15 is 0 Å². The summed E-state index contributed by atoms with van der Waals surface area (Å²) in [6.07, 6.45) is -0.586. The number of methoxy groups -OCH3 is 1. The van der Waals surface area contributed by atoms with E-state index in [9.17, 15) is 14.9 Å². The molecule has 20 heavy (non-hydrogen) atoms. The molecule has 0 fully saturated rings. The molecule has 0 radical (unpaired) electrons. The zero-order valence-corrected chi connectivity index (χ0v) is 12.2. The Morgan fingerprint density at radius 2 is 1.95 bits per heavy atom. The van der Waals surface area contributed by atoms with Crippen LogP contribution in [0.4, 0.5) is 16.2 Å². The van der Waals surface area contributed by atoms with Crippen LogP contribution >= 0.6 is 0 Å². The molecule has 0 aliphatic heterocycles. The Kier molecular flexibility index (Phi) is 4.54. The van der Waals surface area contributed by atoms with Gasteiger partial charge in [-0.15, -0.1) is 0 Å².